The standard InChI is InChI=1S/C11H9ClO3/c1-15-11(14)9-5-4-8(3-2-6-13)7-10(9)12/h2-7H,1H3. The molecule has 0 fully saturated rings. The van der Waals surface area contributed by atoms with Crippen LogP contribution in [0.25, 0.3) is 6.08 Å². The van der Waals surface area contributed by atoms with E-state index in [-0.39, 0.29) is 0 Å². The maximum atomic E-state index is 11.2. The Bertz CT molecular complexity index is 410. The van der Waals surface area contributed by atoms with Crippen molar-refractivity contribution in [2.75, 3.05) is 7.11 Å². The molecule has 4 heteroatoms. The SMILES string of the molecule is COC(=O)c1ccc(C=CC=O)cc1Cl. The van der Waals surface area contributed by atoms with Crippen molar-refractivity contribution in [1.29, 1.82) is 0 Å². The number of allylic oxidation sites excluding steroid dienone is 1. The Labute approximate surface area is 92.3 Å². The van der Waals surface area contributed by atoms with E-state index in [9.17, 15) is 9.59 Å². The van der Waals surface area contributed by atoms with Gasteiger partial charge >= 0.3 is 5.97 Å². The zero-order chi connectivity index (χ0) is 11.3. The van der Waals surface area contributed by atoms with Gasteiger partial charge in [0.2, 0.25) is 0 Å². The van der Waals surface area contributed by atoms with E-state index in [1.165, 1.54) is 13.2 Å². The maximum Gasteiger partial charge on any atom is 0.339 e. The smallest absolute Gasteiger partial charge is 0.339 e. The van der Waals surface area contributed by atoms with Crippen LogP contribution in [0.1, 0.15) is 15.9 Å². The summed E-state index contributed by atoms with van der Waals surface area (Å²) in [4.78, 5) is 21.3. The first kappa shape index (κ1) is 11.5. The van der Waals surface area contributed by atoms with Crippen molar-refractivity contribution in [3.63, 3.8) is 0 Å². The molecular formula is C11H9ClO3. The van der Waals surface area contributed by atoms with Crippen LogP contribution in [0, 0.1) is 0 Å². The van der Waals surface area contributed by atoms with Crippen LogP contribution in [0.5, 0.6) is 0 Å². The lowest BCUT2D eigenvalue weighted by Gasteiger charge is -2.02. The fraction of sp³-hybridized carbons (Fsp3) is 0.0909. The van der Waals surface area contributed by atoms with Gasteiger partial charge in [0.15, 0.2) is 0 Å². The molecule has 0 aliphatic heterocycles. The van der Waals surface area contributed by atoms with Crippen LogP contribution < -0.4 is 0 Å². The third-order valence-electron chi connectivity index (χ3n) is 1.77. The van der Waals surface area contributed by atoms with Crippen LogP contribution in [-0.2, 0) is 9.53 Å². The highest BCUT2D eigenvalue weighted by Gasteiger charge is 2.09. The molecule has 0 aliphatic rings. The Kier molecular flexibility index (Phi) is 4.06. The lowest BCUT2D eigenvalue weighted by atomic mass is 10.1. The molecule has 78 valence electrons. The number of carbonyl (C=O) groups is 2. The van der Waals surface area contributed by atoms with Crippen molar-refractivity contribution in [1.82, 2.24) is 0 Å². The predicted octanol–water partition coefficient (Wildman–Crippen LogP) is 2.34. The zero-order valence-corrected chi connectivity index (χ0v) is 8.82. The Hall–Kier alpha value is -1.61. The monoisotopic (exact) mass is 224 g/mol. The molecule has 0 unspecified atom stereocenters. The summed E-state index contributed by atoms with van der Waals surface area (Å²) in [5, 5.41) is 0.301. The summed E-state index contributed by atoms with van der Waals surface area (Å²) in [6.07, 6.45) is 3.62. The van der Waals surface area contributed by atoms with Gasteiger partial charge in [0.1, 0.15) is 6.29 Å². The molecule has 3 nitrogen and oxygen atoms in total. The Morgan fingerprint density at radius 3 is 2.73 bits per heavy atom. The van der Waals surface area contributed by atoms with Crippen molar-refractivity contribution in [3.05, 3.63) is 40.4 Å². The molecule has 0 atom stereocenters. The van der Waals surface area contributed by atoms with Gasteiger partial charge in [-0.15, -0.1) is 0 Å². The summed E-state index contributed by atoms with van der Waals surface area (Å²) in [6.45, 7) is 0. The molecule has 1 aromatic rings. The van der Waals surface area contributed by atoms with E-state index in [1.54, 1.807) is 24.3 Å². The molecule has 0 bridgehead atoms. The van der Waals surface area contributed by atoms with Gasteiger partial charge in [0.25, 0.3) is 0 Å². The van der Waals surface area contributed by atoms with Crippen LogP contribution in [0.2, 0.25) is 5.02 Å². The summed E-state index contributed by atoms with van der Waals surface area (Å²) in [5.41, 5.74) is 1.06. The first-order chi connectivity index (χ1) is 7.19. The first-order valence-electron chi connectivity index (χ1n) is 4.18. The fourth-order valence-corrected chi connectivity index (χ4v) is 1.33. The van der Waals surface area contributed by atoms with Crippen molar-refractivity contribution in [3.8, 4) is 0 Å². The van der Waals surface area contributed by atoms with E-state index >= 15 is 0 Å². The summed E-state index contributed by atoms with van der Waals surface area (Å²) < 4.78 is 4.54. The van der Waals surface area contributed by atoms with Gasteiger partial charge in [-0.25, -0.2) is 4.79 Å². The van der Waals surface area contributed by atoms with Crippen molar-refractivity contribution < 1.29 is 14.3 Å². The number of ether oxygens (including phenoxy) is 1. The second-order valence-electron chi connectivity index (χ2n) is 2.73. The van der Waals surface area contributed by atoms with Crippen LogP contribution in [0.4, 0.5) is 0 Å². The lowest BCUT2D eigenvalue weighted by molar-refractivity contribution is -0.104. The molecule has 0 amide bonds. The molecule has 1 aromatic carbocycles. The average Bonchev–Trinajstić information content (AvgIpc) is 2.25. The number of hydrogen-bond acceptors (Lipinski definition) is 3. The van der Waals surface area contributed by atoms with E-state index in [2.05, 4.69) is 4.74 Å². The number of rotatable bonds is 3. The number of esters is 1. The van der Waals surface area contributed by atoms with Crippen LogP contribution in [-0.4, -0.2) is 19.4 Å². The van der Waals surface area contributed by atoms with Gasteiger partial charge < -0.3 is 4.74 Å². The van der Waals surface area contributed by atoms with E-state index in [0.29, 0.717) is 16.9 Å². The number of hydrogen-bond donors (Lipinski definition) is 0. The summed E-state index contributed by atoms with van der Waals surface area (Å²) in [6, 6.07) is 4.82. The third kappa shape index (κ3) is 2.92. The molecule has 0 aliphatic carbocycles. The molecule has 0 saturated carbocycles. The van der Waals surface area contributed by atoms with Crippen molar-refractivity contribution >= 4 is 29.9 Å². The number of methoxy groups -OCH3 is 1. The third-order valence-corrected chi connectivity index (χ3v) is 2.08. The van der Waals surface area contributed by atoms with E-state index in [4.69, 9.17) is 11.6 Å². The van der Waals surface area contributed by atoms with E-state index in [0.717, 1.165) is 5.56 Å². The number of halogens is 1. The Morgan fingerprint density at radius 1 is 1.47 bits per heavy atom. The highest BCUT2D eigenvalue weighted by molar-refractivity contribution is 6.33. The number of aldehydes is 1. The molecule has 0 radical (unpaired) electrons. The average molecular weight is 225 g/mol. The highest BCUT2D eigenvalue weighted by Crippen LogP contribution is 2.19. The maximum absolute atomic E-state index is 11.2. The predicted molar refractivity (Wildman–Crippen MR) is 57.9 cm³/mol. The fourth-order valence-electron chi connectivity index (χ4n) is 1.06. The second kappa shape index (κ2) is 5.32. The molecule has 0 heterocycles. The minimum absolute atomic E-state index is 0.301. The largest absolute Gasteiger partial charge is 0.465 e. The quantitative estimate of drug-likeness (QED) is 0.450. The lowest BCUT2D eigenvalue weighted by Crippen LogP contribution is -2.01. The Morgan fingerprint density at radius 2 is 2.20 bits per heavy atom. The molecule has 0 spiro atoms. The minimum atomic E-state index is -0.481. The normalized spacial score (nSPS) is 10.3. The highest BCUT2D eigenvalue weighted by atomic mass is 35.5. The van der Waals surface area contributed by atoms with Crippen LogP contribution >= 0.6 is 11.6 Å². The summed E-state index contributed by atoms with van der Waals surface area (Å²) in [7, 11) is 1.29. The molecule has 15 heavy (non-hydrogen) atoms. The van der Waals surface area contributed by atoms with Gasteiger partial charge in [-0.2, -0.15) is 0 Å². The summed E-state index contributed by atoms with van der Waals surface area (Å²) in [5.74, 6) is -0.481. The topological polar surface area (TPSA) is 43.4 Å². The van der Waals surface area contributed by atoms with Crippen molar-refractivity contribution in [2.45, 2.75) is 0 Å². The molecule has 0 saturated heterocycles. The Balaban J connectivity index is 3.02. The minimum Gasteiger partial charge on any atom is -0.465 e. The van der Waals surface area contributed by atoms with Gasteiger partial charge in [-0.1, -0.05) is 23.7 Å². The van der Waals surface area contributed by atoms with Gasteiger partial charge in [-0.05, 0) is 23.8 Å². The van der Waals surface area contributed by atoms with E-state index < -0.39 is 5.97 Å². The summed E-state index contributed by atoms with van der Waals surface area (Å²) >= 11 is 5.86. The van der Waals surface area contributed by atoms with Gasteiger partial charge in [0, 0.05) is 0 Å². The first-order valence-corrected chi connectivity index (χ1v) is 4.56. The van der Waals surface area contributed by atoms with Gasteiger partial charge in [0.05, 0.1) is 17.7 Å². The number of benzene rings is 1. The van der Waals surface area contributed by atoms with Gasteiger partial charge in [-0.3, -0.25) is 4.79 Å². The van der Waals surface area contributed by atoms with E-state index in [1.807, 2.05) is 0 Å². The van der Waals surface area contributed by atoms with Crippen LogP contribution in [0.15, 0.2) is 24.3 Å². The molecule has 0 aromatic heterocycles. The van der Waals surface area contributed by atoms with Crippen LogP contribution in [0.3, 0.4) is 0 Å². The second-order valence-corrected chi connectivity index (χ2v) is 3.13. The molecular weight excluding hydrogens is 216 g/mol. The molecule has 1 rings (SSSR count). The molecule has 0 N–H and O–H groups in total. The zero-order valence-electron chi connectivity index (χ0n) is 8.07. The number of carbonyl (C=O) groups excluding carboxylic acids is 2. The van der Waals surface area contributed by atoms with Crippen molar-refractivity contribution in [2.24, 2.45) is 0 Å².